The molecule has 0 saturated heterocycles. The van der Waals surface area contributed by atoms with Gasteiger partial charge in [-0.25, -0.2) is 12.7 Å². The van der Waals surface area contributed by atoms with Crippen LogP contribution in [0.2, 0.25) is 0 Å². The molecular weight excluding hydrogens is 214 g/mol. The van der Waals surface area contributed by atoms with Crippen LogP contribution in [0.4, 0.5) is 0 Å². The molecule has 0 bridgehead atoms. The van der Waals surface area contributed by atoms with Gasteiger partial charge in [0.1, 0.15) is 4.90 Å². The van der Waals surface area contributed by atoms with Crippen LogP contribution in [0.3, 0.4) is 0 Å². The SMILES string of the molecule is CCCCN(C)S(=O)(=O)c1cnn(C)c1. The summed E-state index contributed by atoms with van der Waals surface area (Å²) in [5.41, 5.74) is 0. The highest BCUT2D eigenvalue weighted by molar-refractivity contribution is 7.89. The third-order valence-corrected chi connectivity index (χ3v) is 4.03. The molecule has 5 nitrogen and oxygen atoms in total. The number of sulfonamides is 1. The highest BCUT2D eigenvalue weighted by Gasteiger charge is 2.21. The van der Waals surface area contributed by atoms with Gasteiger partial charge < -0.3 is 0 Å². The molecule has 1 aromatic rings. The monoisotopic (exact) mass is 231 g/mol. The van der Waals surface area contributed by atoms with Crippen molar-refractivity contribution in [1.29, 1.82) is 0 Å². The topological polar surface area (TPSA) is 55.2 Å². The summed E-state index contributed by atoms with van der Waals surface area (Å²) in [5.74, 6) is 0. The second-order valence-electron chi connectivity index (χ2n) is 3.53. The van der Waals surface area contributed by atoms with Crippen LogP contribution in [0, 0.1) is 0 Å². The first kappa shape index (κ1) is 12.2. The van der Waals surface area contributed by atoms with Gasteiger partial charge in [-0.05, 0) is 6.42 Å². The average Bonchev–Trinajstić information content (AvgIpc) is 2.61. The van der Waals surface area contributed by atoms with Crippen molar-refractivity contribution in [2.45, 2.75) is 24.7 Å². The number of aryl methyl sites for hydroxylation is 1. The quantitative estimate of drug-likeness (QED) is 0.754. The van der Waals surface area contributed by atoms with E-state index in [1.807, 2.05) is 6.92 Å². The highest BCUT2D eigenvalue weighted by Crippen LogP contribution is 2.12. The van der Waals surface area contributed by atoms with E-state index in [9.17, 15) is 8.42 Å². The Balaban J connectivity index is 2.83. The van der Waals surface area contributed by atoms with Gasteiger partial charge in [0.2, 0.25) is 10.0 Å². The van der Waals surface area contributed by atoms with E-state index in [1.165, 1.54) is 21.4 Å². The molecule has 0 aliphatic carbocycles. The summed E-state index contributed by atoms with van der Waals surface area (Å²) in [6, 6.07) is 0. The maximum Gasteiger partial charge on any atom is 0.245 e. The van der Waals surface area contributed by atoms with Gasteiger partial charge in [0.15, 0.2) is 0 Å². The van der Waals surface area contributed by atoms with Crippen molar-refractivity contribution in [2.24, 2.45) is 7.05 Å². The summed E-state index contributed by atoms with van der Waals surface area (Å²) < 4.78 is 26.7. The zero-order valence-electron chi connectivity index (χ0n) is 9.34. The number of unbranched alkanes of at least 4 members (excludes halogenated alkanes) is 1. The third-order valence-electron chi connectivity index (χ3n) is 2.22. The minimum atomic E-state index is -3.34. The molecule has 0 fully saturated rings. The molecule has 0 spiro atoms. The summed E-state index contributed by atoms with van der Waals surface area (Å²) in [6.07, 6.45) is 4.73. The Morgan fingerprint density at radius 1 is 1.53 bits per heavy atom. The van der Waals surface area contributed by atoms with Gasteiger partial charge >= 0.3 is 0 Å². The van der Waals surface area contributed by atoms with Crippen LogP contribution in [0.25, 0.3) is 0 Å². The van der Waals surface area contributed by atoms with Crippen molar-refractivity contribution in [3.63, 3.8) is 0 Å². The van der Waals surface area contributed by atoms with Crippen LogP contribution >= 0.6 is 0 Å². The van der Waals surface area contributed by atoms with E-state index in [1.54, 1.807) is 14.1 Å². The molecule has 1 rings (SSSR count). The van der Waals surface area contributed by atoms with Crippen molar-refractivity contribution in [2.75, 3.05) is 13.6 Å². The highest BCUT2D eigenvalue weighted by atomic mass is 32.2. The largest absolute Gasteiger partial charge is 0.274 e. The molecule has 0 aliphatic heterocycles. The molecule has 0 atom stereocenters. The van der Waals surface area contributed by atoms with Gasteiger partial charge in [0.05, 0.1) is 6.20 Å². The normalized spacial score (nSPS) is 12.3. The lowest BCUT2D eigenvalue weighted by Gasteiger charge is -2.14. The number of hydrogen-bond donors (Lipinski definition) is 0. The second kappa shape index (κ2) is 4.76. The molecule has 15 heavy (non-hydrogen) atoms. The van der Waals surface area contributed by atoms with Crippen molar-refractivity contribution >= 4 is 10.0 Å². The number of hydrogen-bond acceptors (Lipinski definition) is 3. The lowest BCUT2D eigenvalue weighted by molar-refractivity contribution is 0.459. The molecule has 0 aromatic carbocycles. The van der Waals surface area contributed by atoms with Crippen molar-refractivity contribution in [3.05, 3.63) is 12.4 Å². The van der Waals surface area contributed by atoms with Crippen molar-refractivity contribution < 1.29 is 8.42 Å². The lowest BCUT2D eigenvalue weighted by atomic mass is 10.3. The van der Waals surface area contributed by atoms with Gasteiger partial charge in [-0.3, -0.25) is 4.68 Å². The zero-order chi connectivity index (χ0) is 11.5. The smallest absolute Gasteiger partial charge is 0.245 e. The zero-order valence-corrected chi connectivity index (χ0v) is 10.2. The summed E-state index contributed by atoms with van der Waals surface area (Å²) >= 11 is 0. The van der Waals surface area contributed by atoms with E-state index < -0.39 is 10.0 Å². The van der Waals surface area contributed by atoms with Crippen LogP contribution < -0.4 is 0 Å². The molecule has 0 unspecified atom stereocenters. The molecule has 0 N–H and O–H groups in total. The summed E-state index contributed by atoms with van der Waals surface area (Å²) in [6.45, 7) is 2.58. The second-order valence-corrected chi connectivity index (χ2v) is 5.57. The standard InChI is InChI=1S/C9H17N3O2S/c1-4-5-6-12(3)15(13,14)9-7-10-11(2)8-9/h7-8H,4-6H2,1-3H3. The molecular formula is C9H17N3O2S. The Kier molecular flexibility index (Phi) is 3.87. The average molecular weight is 231 g/mol. The van der Waals surface area contributed by atoms with Gasteiger partial charge in [-0.1, -0.05) is 13.3 Å². The Morgan fingerprint density at radius 2 is 2.20 bits per heavy atom. The van der Waals surface area contributed by atoms with Crippen LogP contribution in [-0.4, -0.2) is 36.1 Å². The molecule has 6 heteroatoms. The third kappa shape index (κ3) is 2.79. The van der Waals surface area contributed by atoms with Gasteiger partial charge in [0.25, 0.3) is 0 Å². The number of nitrogens with zero attached hydrogens (tertiary/aromatic N) is 3. The molecule has 0 radical (unpaired) electrons. The van der Waals surface area contributed by atoms with Gasteiger partial charge in [-0.15, -0.1) is 0 Å². The summed E-state index contributed by atoms with van der Waals surface area (Å²) in [4.78, 5) is 0.253. The van der Waals surface area contributed by atoms with E-state index in [-0.39, 0.29) is 4.90 Å². The lowest BCUT2D eigenvalue weighted by Crippen LogP contribution is -2.27. The van der Waals surface area contributed by atoms with Crippen molar-refractivity contribution in [3.8, 4) is 0 Å². The van der Waals surface area contributed by atoms with Gasteiger partial charge in [-0.2, -0.15) is 5.10 Å². The Hall–Kier alpha value is -0.880. The minimum absolute atomic E-state index is 0.253. The van der Waals surface area contributed by atoms with E-state index in [0.29, 0.717) is 6.54 Å². The molecule has 86 valence electrons. The van der Waals surface area contributed by atoms with E-state index in [0.717, 1.165) is 12.8 Å². The fourth-order valence-electron chi connectivity index (χ4n) is 1.21. The van der Waals surface area contributed by atoms with E-state index in [2.05, 4.69) is 5.10 Å². The first-order chi connectivity index (χ1) is 6.98. The maximum absolute atomic E-state index is 11.9. The molecule has 0 aliphatic rings. The van der Waals surface area contributed by atoms with Crippen molar-refractivity contribution in [1.82, 2.24) is 14.1 Å². The summed E-state index contributed by atoms with van der Waals surface area (Å²) in [7, 11) is -0.0457. The van der Waals surface area contributed by atoms with E-state index in [4.69, 9.17) is 0 Å². The van der Waals surface area contributed by atoms with Crippen LogP contribution in [0.5, 0.6) is 0 Å². The maximum atomic E-state index is 11.9. The minimum Gasteiger partial charge on any atom is -0.274 e. The first-order valence-corrected chi connectivity index (χ1v) is 6.37. The Bertz CT molecular complexity index is 411. The molecule has 1 heterocycles. The van der Waals surface area contributed by atoms with Crippen LogP contribution in [0.15, 0.2) is 17.3 Å². The predicted molar refractivity (Wildman–Crippen MR) is 57.9 cm³/mol. The van der Waals surface area contributed by atoms with Crippen LogP contribution in [-0.2, 0) is 17.1 Å². The molecule has 0 saturated carbocycles. The molecule has 1 aromatic heterocycles. The van der Waals surface area contributed by atoms with E-state index >= 15 is 0 Å². The fourth-order valence-corrected chi connectivity index (χ4v) is 2.41. The Labute approximate surface area is 90.7 Å². The fraction of sp³-hybridized carbons (Fsp3) is 0.667. The summed E-state index contributed by atoms with van der Waals surface area (Å²) in [5, 5.41) is 3.86. The Morgan fingerprint density at radius 3 is 2.67 bits per heavy atom. The number of rotatable bonds is 5. The predicted octanol–water partition coefficient (Wildman–Crippen LogP) is 0.841. The van der Waals surface area contributed by atoms with Gasteiger partial charge in [0, 0.05) is 26.8 Å². The number of aromatic nitrogens is 2. The van der Waals surface area contributed by atoms with Crippen LogP contribution in [0.1, 0.15) is 19.8 Å². The molecule has 0 amide bonds. The first-order valence-electron chi connectivity index (χ1n) is 4.93.